The smallest absolute Gasteiger partial charge is 0.262 e. The molecule has 1 atom stereocenters. The number of hydrogen-bond acceptors (Lipinski definition) is 9. The maximum Gasteiger partial charge on any atom is 0.262 e. The number of oxazole rings is 1. The van der Waals surface area contributed by atoms with Gasteiger partial charge >= 0.3 is 0 Å². The molecule has 3 heterocycles. The van der Waals surface area contributed by atoms with Gasteiger partial charge in [0.2, 0.25) is 0 Å². The second kappa shape index (κ2) is 10.00. The Morgan fingerprint density at radius 1 is 1.25 bits per heavy atom. The Bertz CT molecular complexity index is 1570. The number of aromatic nitrogens is 2. The van der Waals surface area contributed by atoms with Crippen LogP contribution in [-0.2, 0) is 0 Å². The molecule has 2 aliphatic rings. The van der Waals surface area contributed by atoms with Gasteiger partial charge in [0.15, 0.2) is 5.89 Å². The van der Waals surface area contributed by atoms with Crippen LogP contribution in [0, 0.1) is 42.9 Å². The van der Waals surface area contributed by atoms with E-state index in [1.165, 1.54) is 5.01 Å². The molecule has 1 aromatic carbocycles. The van der Waals surface area contributed by atoms with Crippen molar-refractivity contribution in [2.24, 2.45) is 5.41 Å². The number of pyridine rings is 1. The number of benzene rings is 1. The van der Waals surface area contributed by atoms with Gasteiger partial charge in [-0.05, 0) is 37.3 Å². The average molecular weight is 547 g/mol. The van der Waals surface area contributed by atoms with Gasteiger partial charge in [-0.15, -0.1) is 12.0 Å². The highest BCUT2D eigenvalue weighted by molar-refractivity contribution is 5.99. The lowest BCUT2D eigenvalue weighted by molar-refractivity contribution is 0.00911. The Balaban J connectivity index is 1.60. The van der Waals surface area contributed by atoms with Crippen molar-refractivity contribution in [3.8, 4) is 18.4 Å². The van der Waals surface area contributed by atoms with Crippen LogP contribution in [0.25, 0.3) is 10.9 Å². The second-order valence-corrected chi connectivity index (χ2v) is 11.5. The van der Waals surface area contributed by atoms with E-state index in [1.807, 2.05) is 6.07 Å². The number of rotatable bonds is 8. The lowest BCUT2D eigenvalue weighted by atomic mass is 9.96. The molecule has 11 heteroatoms. The molecule has 0 spiro atoms. The fourth-order valence-electron chi connectivity index (χ4n) is 4.81. The Kier molecular flexibility index (Phi) is 6.80. The molecule has 208 valence electrons. The number of hydrogen-bond donors (Lipinski definition) is 4. The highest BCUT2D eigenvalue weighted by atomic mass is 19.3. The average Bonchev–Trinajstić information content (AvgIpc) is 3.45. The van der Waals surface area contributed by atoms with Gasteiger partial charge in [-0.1, -0.05) is 26.7 Å². The molecule has 0 amide bonds. The highest BCUT2D eigenvalue weighted by Crippen LogP contribution is 2.47. The summed E-state index contributed by atoms with van der Waals surface area (Å²) in [7, 11) is 0. The zero-order chi connectivity index (χ0) is 28.8. The zero-order valence-electron chi connectivity index (χ0n) is 23.1. The minimum absolute atomic E-state index is 0.0283. The van der Waals surface area contributed by atoms with E-state index in [2.05, 4.69) is 64.3 Å². The first-order valence-electron chi connectivity index (χ1n) is 13.0. The van der Waals surface area contributed by atoms with E-state index in [0.29, 0.717) is 75.8 Å². The van der Waals surface area contributed by atoms with Crippen LogP contribution in [0.4, 0.5) is 20.2 Å². The van der Waals surface area contributed by atoms with E-state index >= 15 is 0 Å². The van der Waals surface area contributed by atoms with E-state index in [0.717, 1.165) is 0 Å². The van der Waals surface area contributed by atoms with Crippen molar-refractivity contribution in [1.29, 1.82) is 5.26 Å². The van der Waals surface area contributed by atoms with E-state index < -0.39 is 18.0 Å². The van der Waals surface area contributed by atoms with Crippen LogP contribution < -0.4 is 21.6 Å². The maximum atomic E-state index is 13.8. The largest absolute Gasteiger partial charge is 0.446 e. The lowest BCUT2D eigenvalue weighted by Crippen LogP contribution is -2.48. The van der Waals surface area contributed by atoms with Crippen LogP contribution in [-0.4, -0.2) is 33.5 Å². The molecule has 0 saturated heterocycles. The van der Waals surface area contributed by atoms with E-state index in [-0.39, 0.29) is 5.41 Å². The molecular formula is C29H32F2N8O. The first kappa shape index (κ1) is 27.2. The standard InChI is InChI=1S/C29H32F2N8O/c1-7-18-13-33-25-19(12-32)10-20(11-21(25)24(18)34-15-28(4,5)6)36-26(23-16(2)40-17(3)35-23)22-14-39(38-37-22)29(8-9-29)27(30)31/h1,10-11,13-14,26-27,36-38H,8-9,15H2,2-6H3,(H,33,34)/t26-/m1/s1. The van der Waals surface area contributed by atoms with Crippen molar-refractivity contribution in [3.63, 3.8) is 0 Å². The molecule has 40 heavy (non-hydrogen) atoms. The normalized spacial score (nSPS) is 16.8. The highest BCUT2D eigenvalue weighted by Gasteiger charge is 2.56. The Morgan fingerprint density at radius 3 is 2.58 bits per heavy atom. The lowest BCUT2D eigenvalue weighted by Gasteiger charge is -2.25. The Morgan fingerprint density at radius 2 is 2.00 bits per heavy atom. The quantitative estimate of drug-likeness (QED) is 0.281. The predicted octanol–water partition coefficient (Wildman–Crippen LogP) is 5.27. The molecule has 1 aliphatic heterocycles. The zero-order valence-corrected chi connectivity index (χ0v) is 23.1. The summed E-state index contributed by atoms with van der Waals surface area (Å²) in [5, 5.41) is 19.0. The number of fused-ring (bicyclic) bond motifs is 1. The topological polar surface area (TPSA) is 114 Å². The van der Waals surface area contributed by atoms with Gasteiger partial charge in [0.25, 0.3) is 6.43 Å². The first-order valence-corrected chi connectivity index (χ1v) is 13.0. The third-order valence-corrected chi connectivity index (χ3v) is 7.11. The molecule has 2 aromatic heterocycles. The molecule has 0 radical (unpaired) electrons. The number of aryl methyl sites for hydroxylation is 2. The number of hydrazine groups is 2. The van der Waals surface area contributed by atoms with Crippen molar-refractivity contribution < 1.29 is 13.2 Å². The van der Waals surface area contributed by atoms with Crippen molar-refractivity contribution in [2.45, 2.75) is 65.5 Å². The van der Waals surface area contributed by atoms with Crippen LogP contribution in [0.2, 0.25) is 0 Å². The fraction of sp³-hybridized carbons (Fsp3) is 0.414. The molecule has 1 aliphatic carbocycles. The molecule has 0 bridgehead atoms. The van der Waals surface area contributed by atoms with Gasteiger partial charge in [-0.2, -0.15) is 5.26 Å². The van der Waals surface area contributed by atoms with E-state index in [9.17, 15) is 14.0 Å². The molecule has 1 saturated carbocycles. The summed E-state index contributed by atoms with van der Waals surface area (Å²) in [4.78, 5) is 9.06. The van der Waals surface area contributed by atoms with Crippen LogP contribution in [0.5, 0.6) is 0 Å². The summed E-state index contributed by atoms with van der Waals surface area (Å²) >= 11 is 0. The summed E-state index contributed by atoms with van der Waals surface area (Å²) in [6.45, 7) is 10.5. The first-order chi connectivity index (χ1) is 19.0. The van der Waals surface area contributed by atoms with Gasteiger partial charge in [0.05, 0.1) is 28.0 Å². The van der Waals surface area contributed by atoms with Gasteiger partial charge < -0.3 is 20.5 Å². The third-order valence-electron chi connectivity index (χ3n) is 7.11. The van der Waals surface area contributed by atoms with Crippen molar-refractivity contribution in [2.75, 3.05) is 17.2 Å². The summed E-state index contributed by atoms with van der Waals surface area (Å²) in [6.07, 6.45) is 7.31. The Labute approximate surface area is 232 Å². The molecule has 9 nitrogen and oxygen atoms in total. The van der Waals surface area contributed by atoms with Crippen LogP contribution in [0.1, 0.15) is 68.1 Å². The van der Waals surface area contributed by atoms with Crippen molar-refractivity contribution in [1.82, 2.24) is 25.9 Å². The number of halogens is 2. The summed E-state index contributed by atoms with van der Waals surface area (Å²) in [5.41, 5.74) is 8.58. The van der Waals surface area contributed by atoms with E-state index in [1.54, 1.807) is 32.3 Å². The molecule has 3 aromatic rings. The SMILES string of the molecule is C#Cc1cnc2c(C#N)cc(N[C@H](C3=CN(C4(C(F)F)CC4)NN3)c3nc(C)oc3C)cc2c1NCC(C)(C)C. The molecule has 1 fully saturated rings. The number of terminal acetylenes is 1. The number of alkyl halides is 2. The van der Waals surface area contributed by atoms with E-state index in [4.69, 9.17) is 10.8 Å². The molecular weight excluding hydrogens is 514 g/mol. The molecule has 4 N–H and O–H groups in total. The van der Waals surface area contributed by atoms with Gasteiger partial charge in [0.1, 0.15) is 29.1 Å². The monoisotopic (exact) mass is 546 g/mol. The van der Waals surface area contributed by atoms with Gasteiger partial charge in [0, 0.05) is 36.9 Å². The number of nitrogens with one attached hydrogen (secondary N) is 4. The second-order valence-electron chi connectivity index (χ2n) is 11.5. The number of nitrogens with zero attached hydrogens (tertiary/aromatic N) is 4. The molecule has 5 rings (SSSR count). The van der Waals surface area contributed by atoms with Crippen LogP contribution in [0.3, 0.4) is 0 Å². The minimum Gasteiger partial charge on any atom is -0.446 e. The summed E-state index contributed by atoms with van der Waals surface area (Å²) in [5.74, 6) is 3.75. The molecule has 0 unspecified atom stereocenters. The van der Waals surface area contributed by atoms with Crippen LogP contribution in [0.15, 0.2) is 34.6 Å². The van der Waals surface area contributed by atoms with Gasteiger partial charge in [-0.3, -0.25) is 9.99 Å². The van der Waals surface area contributed by atoms with Crippen molar-refractivity contribution in [3.05, 3.63) is 58.7 Å². The maximum absolute atomic E-state index is 13.8. The predicted molar refractivity (Wildman–Crippen MR) is 149 cm³/mol. The van der Waals surface area contributed by atoms with Crippen molar-refractivity contribution >= 4 is 22.3 Å². The fourth-order valence-corrected chi connectivity index (χ4v) is 4.81. The third kappa shape index (κ3) is 5.01. The Hall–Kier alpha value is -4.35. The minimum atomic E-state index is -2.50. The number of anilines is 2. The van der Waals surface area contributed by atoms with Crippen LogP contribution >= 0.6 is 0 Å². The summed E-state index contributed by atoms with van der Waals surface area (Å²) < 4.78 is 33.4. The summed E-state index contributed by atoms with van der Waals surface area (Å²) in [6, 6.07) is 5.22. The number of nitriles is 1. The van der Waals surface area contributed by atoms with Gasteiger partial charge in [-0.25, -0.2) is 13.8 Å².